The molecule has 33 heavy (non-hydrogen) atoms. The lowest BCUT2D eigenvalue weighted by Gasteiger charge is -2.16. The summed E-state index contributed by atoms with van der Waals surface area (Å²) in [5, 5.41) is 0. The van der Waals surface area contributed by atoms with Crippen molar-refractivity contribution in [3.8, 4) is 0 Å². The summed E-state index contributed by atoms with van der Waals surface area (Å²) in [6.45, 7) is 2.22. The largest absolute Gasteiger partial charge is 0.401 e. The van der Waals surface area contributed by atoms with Crippen LogP contribution in [0.25, 0.3) is 0 Å². The molecule has 0 aliphatic rings. The number of allylic oxidation sites excluding steroid dienone is 2. The van der Waals surface area contributed by atoms with Crippen LogP contribution in [-0.4, -0.2) is 18.3 Å². The molecule has 0 bridgehead atoms. The van der Waals surface area contributed by atoms with E-state index >= 15 is 0 Å². The molecule has 0 atom stereocenters. The molecule has 0 heterocycles. The Morgan fingerprint density at radius 1 is 0.636 bits per heavy atom. The highest BCUT2D eigenvalue weighted by atomic mass is 19.4. The molecule has 0 aromatic heterocycles. The van der Waals surface area contributed by atoms with Gasteiger partial charge in [-0.2, -0.15) is 22.0 Å². The zero-order valence-corrected chi connectivity index (χ0v) is 20.5. The van der Waals surface area contributed by atoms with Crippen LogP contribution in [0, 0.1) is 0 Å². The van der Waals surface area contributed by atoms with E-state index in [1.54, 1.807) is 0 Å². The molecule has 0 rings (SSSR count). The molecule has 2 nitrogen and oxygen atoms in total. The molecule has 7 heteroatoms. The first-order valence-electron chi connectivity index (χ1n) is 13.0. The quantitative estimate of drug-likeness (QED) is 0.0661. The van der Waals surface area contributed by atoms with Crippen molar-refractivity contribution in [3.63, 3.8) is 0 Å². The van der Waals surface area contributed by atoms with Gasteiger partial charge in [-0.1, -0.05) is 83.3 Å². The summed E-state index contributed by atoms with van der Waals surface area (Å²) in [4.78, 5) is 11.6. The zero-order valence-electron chi connectivity index (χ0n) is 20.5. The van der Waals surface area contributed by atoms with Crippen LogP contribution >= 0.6 is 0 Å². The first kappa shape index (κ1) is 31.9. The number of hydrogen-bond acceptors (Lipinski definition) is 2. The third-order valence-corrected chi connectivity index (χ3v) is 5.58. The van der Waals surface area contributed by atoms with Crippen molar-refractivity contribution < 1.29 is 31.5 Å². The van der Waals surface area contributed by atoms with Crippen molar-refractivity contribution in [1.82, 2.24) is 0 Å². The third kappa shape index (κ3) is 25.3. The highest BCUT2D eigenvalue weighted by Gasteiger charge is 2.33. The van der Waals surface area contributed by atoms with Gasteiger partial charge in [-0.3, -0.25) is 4.79 Å². The maximum atomic E-state index is 13.6. The van der Waals surface area contributed by atoms with Crippen LogP contribution < -0.4 is 0 Å². The minimum Gasteiger partial charge on any atom is -0.401 e. The average Bonchev–Trinajstić information content (AvgIpc) is 2.72. The fourth-order valence-corrected chi connectivity index (χ4v) is 3.62. The Labute approximate surface area is 197 Å². The number of alkyl halides is 5. The predicted octanol–water partition coefficient (Wildman–Crippen LogP) is 10.1. The van der Waals surface area contributed by atoms with Gasteiger partial charge in [0.1, 0.15) is 0 Å². The highest BCUT2D eigenvalue weighted by Crippen LogP contribution is 2.26. The Hall–Kier alpha value is -1.14. The zero-order chi connectivity index (χ0) is 24.8. The summed E-state index contributed by atoms with van der Waals surface area (Å²) in [6.07, 6.45) is 10.2. The van der Waals surface area contributed by atoms with Crippen molar-refractivity contribution in [3.05, 3.63) is 12.2 Å². The summed E-state index contributed by atoms with van der Waals surface area (Å²) < 4.78 is 67.6. The van der Waals surface area contributed by atoms with E-state index in [0.29, 0.717) is 6.42 Å². The van der Waals surface area contributed by atoms with E-state index in [4.69, 9.17) is 0 Å². The number of halogens is 5. The van der Waals surface area contributed by atoms with Crippen molar-refractivity contribution in [1.29, 1.82) is 0 Å². The van der Waals surface area contributed by atoms with Gasteiger partial charge in [-0.25, -0.2) is 0 Å². The molecule has 0 saturated heterocycles. The van der Waals surface area contributed by atoms with Crippen LogP contribution in [0.2, 0.25) is 0 Å². The van der Waals surface area contributed by atoms with Gasteiger partial charge in [0.2, 0.25) is 0 Å². The smallest absolute Gasteiger partial charge is 0.399 e. The van der Waals surface area contributed by atoms with Crippen molar-refractivity contribution in [2.45, 2.75) is 148 Å². The molecule has 196 valence electrons. The first-order valence-corrected chi connectivity index (χ1v) is 13.0. The van der Waals surface area contributed by atoms with E-state index < -0.39 is 31.1 Å². The van der Waals surface area contributed by atoms with Crippen LogP contribution in [0.3, 0.4) is 0 Å². The minimum absolute atomic E-state index is 0.0284. The Kier molecular flexibility index (Phi) is 19.6. The summed E-state index contributed by atoms with van der Waals surface area (Å²) in [5.74, 6) is -0.908. The fourth-order valence-electron chi connectivity index (χ4n) is 3.62. The monoisotopic (exact) mass is 484 g/mol. The van der Waals surface area contributed by atoms with E-state index in [1.807, 2.05) is 0 Å². The molecule has 0 radical (unpaired) electrons. The second-order valence-corrected chi connectivity index (χ2v) is 8.98. The summed E-state index contributed by atoms with van der Waals surface area (Å²) in [7, 11) is 0. The van der Waals surface area contributed by atoms with Crippen molar-refractivity contribution in [2.75, 3.05) is 0 Å². The SMILES string of the molecule is CCCCCCCC/C=C\CCCCCCCC(=O)OC(F)(F)CCCCCCC(F)(F)F. The summed E-state index contributed by atoms with van der Waals surface area (Å²) >= 11 is 0. The lowest BCUT2D eigenvalue weighted by molar-refractivity contribution is -0.236. The van der Waals surface area contributed by atoms with Crippen molar-refractivity contribution in [2.24, 2.45) is 0 Å². The second kappa shape index (κ2) is 20.3. The van der Waals surface area contributed by atoms with Crippen LogP contribution in [0.5, 0.6) is 0 Å². The standard InChI is InChI=1S/C26H45F5O2/c1-2-3-4-5-6-7-8-9-10-11-12-13-14-15-18-21-24(32)33-26(30,31)23-20-17-16-19-22-25(27,28)29/h9-10H,2-8,11-23H2,1H3/b10-9-. The number of esters is 1. The number of carbonyl (C=O) groups excluding carboxylic acids is 1. The Bertz CT molecular complexity index is 490. The van der Waals surface area contributed by atoms with Gasteiger partial charge in [0.05, 0.1) is 6.42 Å². The number of ether oxygens (including phenoxy) is 1. The molecular weight excluding hydrogens is 439 g/mol. The summed E-state index contributed by atoms with van der Waals surface area (Å²) in [5.41, 5.74) is 0. The van der Waals surface area contributed by atoms with Crippen molar-refractivity contribution >= 4 is 5.97 Å². The van der Waals surface area contributed by atoms with Crippen LogP contribution in [0.4, 0.5) is 22.0 Å². The maximum absolute atomic E-state index is 13.6. The Morgan fingerprint density at radius 2 is 1.09 bits per heavy atom. The summed E-state index contributed by atoms with van der Waals surface area (Å²) in [6, 6.07) is 0. The lowest BCUT2D eigenvalue weighted by Crippen LogP contribution is -2.24. The molecule has 0 saturated carbocycles. The highest BCUT2D eigenvalue weighted by molar-refractivity contribution is 5.69. The van der Waals surface area contributed by atoms with E-state index in [1.165, 1.54) is 38.5 Å². The van der Waals surface area contributed by atoms with Crippen LogP contribution in [-0.2, 0) is 9.53 Å². The van der Waals surface area contributed by atoms with E-state index in [0.717, 1.165) is 38.5 Å². The van der Waals surface area contributed by atoms with Gasteiger partial charge in [0, 0.05) is 12.8 Å². The number of unbranched alkanes of at least 4 members (excludes halogenated alkanes) is 14. The normalized spacial score (nSPS) is 12.5. The van der Waals surface area contributed by atoms with Gasteiger partial charge in [-0.15, -0.1) is 0 Å². The fraction of sp³-hybridized carbons (Fsp3) is 0.885. The molecule has 0 aromatic rings. The Morgan fingerprint density at radius 3 is 1.64 bits per heavy atom. The van der Waals surface area contributed by atoms with E-state index in [-0.39, 0.29) is 32.1 Å². The average molecular weight is 485 g/mol. The molecule has 0 amide bonds. The maximum Gasteiger partial charge on any atom is 0.399 e. The topological polar surface area (TPSA) is 26.3 Å². The van der Waals surface area contributed by atoms with E-state index in [2.05, 4.69) is 23.8 Å². The molecule has 0 fully saturated rings. The second-order valence-electron chi connectivity index (χ2n) is 8.98. The third-order valence-electron chi connectivity index (χ3n) is 5.58. The lowest BCUT2D eigenvalue weighted by atomic mass is 10.1. The minimum atomic E-state index is -4.20. The number of carbonyl (C=O) groups is 1. The Balaban J connectivity index is 3.53. The number of rotatable bonds is 22. The molecular formula is C26H45F5O2. The first-order chi connectivity index (χ1) is 15.7. The van der Waals surface area contributed by atoms with E-state index in [9.17, 15) is 26.7 Å². The molecule has 0 N–H and O–H groups in total. The van der Waals surface area contributed by atoms with Gasteiger partial charge in [0.25, 0.3) is 0 Å². The van der Waals surface area contributed by atoms with Gasteiger partial charge in [-0.05, 0) is 44.9 Å². The molecule has 0 aliphatic carbocycles. The molecule has 0 aromatic carbocycles. The van der Waals surface area contributed by atoms with Crippen LogP contribution in [0.15, 0.2) is 12.2 Å². The molecule has 0 spiro atoms. The van der Waals surface area contributed by atoms with Gasteiger partial charge < -0.3 is 4.74 Å². The predicted molar refractivity (Wildman–Crippen MR) is 124 cm³/mol. The molecule has 0 unspecified atom stereocenters. The molecule has 0 aliphatic heterocycles. The number of hydrogen-bond donors (Lipinski definition) is 0. The van der Waals surface area contributed by atoms with Gasteiger partial charge >= 0.3 is 18.3 Å². The van der Waals surface area contributed by atoms with Gasteiger partial charge in [0.15, 0.2) is 0 Å². The van der Waals surface area contributed by atoms with Crippen LogP contribution in [0.1, 0.15) is 135 Å².